The SMILES string of the molecule is CC(C)(C)OC(=O)N1CCC(c2ccc(Cl)cc2)C(COc2ccc(S(=O)(=O)NC3(C#N)CC3)cc2C#N)C1. The van der Waals surface area contributed by atoms with Gasteiger partial charge in [-0.1, -0.05) is 23.7 Å². The van der Waals surface area contributed by atoms with Gasteiger partial charge >= 0.3 is 6.09 Å². The van der Waals surface area contributed by atoms with Crippen molar-refractivity contribution in [1.29, 1.82) is 10.5 Å². The summed E-state index contributed by atoms with van der Waals surface area (Å²) in [6, 6.07) is 15.6. The molecule has 1 N–H and O–H groups in total. The fourth-order valence-corrected chi connectivity index (χ4v) is 6.13. The topological polar surface area (TPSA) is 133 Å². The van der Waals surface area contributed by atoms with Crippen molar-refractivity contribution in [3.8, 4) is 17.9 Å². The van der Waals surface area contributed by atoms with E-state index in [9.17, 15) is 23.7 Å². The van der Waals surface area contributed by atoms with Crippen molar-refractivity contribution in [1.82, 2.24) is 9.62 Å². The summed E-state index contributed by atoms with van der Waals surface area (Å²) in [5, 5.41) is 19.6. The number of carbonyl (C=O) groups is 1. The first-order valence-electron chi connectivity index (χ1n) is 12.7. The van der Waals surface area contributed by atoms with Crippen LogP contribution in [0.1, 0.15) is 57.1 Å². The monoisotopic (exact) mass is 570 g/mol. The Labute approximate surface area is 234 Å². The third kappa shape index (κ3) is 7.02. The second-order valence-corrected chi connectivity index (χ2v) is 13.1. The third-order valence-electron chi connectivity index (χ3n) is 6.81. The van der Waals surface area contributed by atoms with Gasteiger partial charge in [-0.15, -0.1) is 0 Å². The van der Waals surface area contributed by atoms with E-state index < -0.39 is 27.3 Å². The number of nitrogens with one attached hydrogen (secondary N) is 1. The van der Waals surface area contributed by atoms with E-state index in [1.165, 1.54) is 18.2 Å². The molecule has 2 aliphatic rings. The van der Waals surface area contributed by atoms with Crippen LogP contribution in [-0.2, 0) is 14.8 Å². The second kappa shape index (κ2) is 11.1. The zero-order valence-electron chi connectivity index (χ0n) is 22.1. The van der Waals surface area contributed by atoms with Gasteiger partial charge in [-0.05, 0) is 81.8 Å². The lowest BCUT2D eigenvalue weighted by molar-refractivity contribution is 0.0111. The van der Waals surface area contributed by atoms with Gasteiger partial charge in [-0.2, -0.15) is 15.2 Å². The smallest absolute Gasteiger partial charge is 0.410 e. The number of ether oxygens (including phenoxy) is 2. The molecule has 39 heavy (non-hydrogen) atoms. The van der Waals surface area contributed by atoms with E-state index in [2.05, 4.69) is 4.72 Å². The minimum atomic E-state index is -3.98. The summed E-state index contributed by atoms with van der Waals surface area (Å²) in [5.74, 6) is 0.174. The highest BCUT2D eigenvalue weighted by Crippen LogP contribution is 2.37. The Morgan fingerprint density at radius 1 is 1.18 bits per heavy atom. The van der Waals surface area contributed by atoms with Crippen LogP contribution in [0.3, 0.4) is 0 Å². The summed E-state index contributed by atoms with van der Waals surface area (Å²) in [5.41, 5.74) is -0.571. The van der Waals surface area contributed by atoms with Crippen molar-refractivity contribution in [2.75, 3.05) is 19.7 Å². The van der Waals surface area contributed by atoms with E-state index in [1.54, 1.807) is 4.90 Å². The van der Waals surface area contributed by atoms with Gasteiger partial charge in [0.15, 0.2) is 0 Å². The number of amides is 1. The lowest BCUT2D eigenvalue weighted by atomic mass is 9.81. The van der Waals surface area contributed by atoms with Gasteiger partial charge in [-0.3, -0.25) is 0 Å². The molecule has 0 aromatic heterocycles. The standard InChI is InChI=1S/C28H31ClN4O5S/c1-27(2,3)38-26(34)33-13-10-24(19-4-6-22(29)7-5-19)21(16-33)17-37-25-9-8-23(14-20(25)15-30)39(35,36)32-28(18-31)11-12-28/h4-9,14,21,24,32H,10-13,16-17H2,1-3H3. The van der Waals surface area contributed by atoms with Gasteiger partial charge in [0.05, 0.1) is 23.1 Å². The highest BCUT2D eigenvalue weighted by Gasteiger charge is 2.47. The number of carbonyl (C=O) groups excluding carboxylic acids is 1. The lowest BCUT2D eigenvalue weighted by Crippen LogP contribution is -2.46. The Hall–Kier alpha value is -3.31. The number of sulfonamides is 1. The fourth-order valence-electron chi connectivity index (χ4n) is 4.61. The molecule has 206 valence electrons. The maximum atomic E-state index is 12.8. The van der Waals surface area contributed by atoms with E-state index in [-0.39, 0.29) is 34.7 Å². The Bertz CT molecular complexity index is 1420. The first-order chi connectivity index (χ1) is 18.3. The molecule has 1 saturated heterocycles. The van der Waals surface area contributed by atoms with Gasteiger partial charge in [0.25, 0.3) is 0 Å². The molecule has 2 atom stereocenters. The van der Waals surface area contributed by atoms with Gasteiger partial charge in [0.2, 0.25) is 10.0 Å². The van der Waals surface area contributed by atoms with Crippen LogP contribution in [-0.4, -0.2) is 50.2 Å². The van der Waals surface area contributed by atoms with Crippen molar-refractivity contribution >= 4 is 27.7 Å². The molecule has 2 aromatic carbocycles. The number of halogens is 1. The maximum Gasteiger partial charge on any atom is 0.410 e. The van der Waals surface area contributed by atoms with Crippen LogP contribution in [0.5, 0.6) is 5.75 Å². The molecule has 1 aliphatic heterocycles. The molecule has 0 bridgehead atoms. The highest BCUT2D eigenvalue weighted by atomic mass is 35.5. The highest BCUT2D eigenvalue weighted by molar-refractivity contribution is 7.89. The molecule has 2 fully saturated rings. The van der Waals surface area contributed by atoms with Crippen molar-refractivity contribution in [3.63, 3.8) is 0 Å². The summed E-state index contributed by atoms with van der Waals surface area (Å²) in [7, 11) is -3.98. The Kier molecular flexibility index (Phi) is 8.13. The molecule has 1 aliphatic carbocycles. The summed E-state index contributed by atoms with van der Waals surface area (Å²) >= 11 is 6.09. The summed E-state index contributed by atoms with van der Waals surface area (Å²) in [6.07, 6.45) is 1.19. The summed E-state index contributed by atoms with van der Waals surface area (Å²) in [4.78, 5) is 14.4. The average Bonchev–Trinajstić information content (AvgIpc) is 3.65. The molecule has 1 saturated carbocycles. The number of benzene rings is 2. The van der Waals surface area contributed by atoms with Crippen LogP contribution in [0, 0.1) is 28.6 Å². The first-order valence-corrected chi connectivity index (χ1v) is 14.6. The van der Waals surface area contributed by atoms with Crippen LogP contribution >= 0.6 is 11.6 Å². The van der Waals surface area contributed by atoms with Gasteiger partial charge < -0.3 is 14.4 Å². The van der Waals surface area contributed by atoms with E-state index in [4.69, 9.17) is 21.1 Å². The maximum absolute atomic E-state index is 12.8. The molecule has 9 nitrogen and oxygen atoms in total. The third-order valence-corrected chi connectivity index (χ3v) is 8.60. The predicted octanol–water partition coefficient (Wildman–Crippen LogP) is 4.97. The quantitative estimate of drug-likeness (QED) is 0.497. The number of hydrogen-bond acceptors (Lipinski definition) is 7. The summed E-state index contributed by atoms with van der Waals surface area (Å²) in [6.45, 7) is 6.55. The molecule has 1 heterocycles. The van der Waals surface area contributed by atoms with Crippen molar-refractivity contribution in [2.45, 2.75) is 62.0 Å². The summed E-state index contributed by atoms with van der Waals surface area (Å²) < 4.78 is 39.6. The zero-order chi connectivity index (χ0) is 28.4. The number of rotatable bonds is 7. The number of nitriles is 2. The van der Waals surface area contributed by atoms with E-state index in [0.717, 1.165) is 5.56 Å². The number of piperidine rings is 1. The Morgan fingerprint density at radius 3 is 2.46 bits per heavy atom. The largest absolute Gasteiger partial charge is 0.492 e. The zero-order valence-corrected chi connectivity index (χ0v) is 23.7. The van der Waals surface area contributed by atoms with Crippen LogP contribution in [0.25, 0.3) is 0 Å². The molecule has 2 unspecified atom stereocenters. The minimum absolute atomic E-state index is 0.0579. The lowest BCUT2D eigenvalue weighted by Gasteiger charge is -2.39. The van der Waals surface area contributed by atoms with E-state index in [1.807, 2.05) is 57.2 Å². The molecular weight excluding hydrogens is 540 g/mol. The molecule has 2 aromatic rings. The number of hydrogen-bond donors (Lipinski definition) is 1. The average molecular weight is 571 g/mol. The van der Waals surface area contributed by atoms with Gasteiger partial charge in [0.1, 0.15) is 23.0 Å². The van der Waals surface area contributed by atoms with Crippen LogP contribution < -0.4 is 9.46 Å². The molecule has 0 spiro atoms. The van der Waals surface area contributed by atoms with E-state index in [0.29, 0.717) is 37.4 Å². The van der Waals surface area contributed by atoms with Crippen molar-refractivity contribution in [2.24, 2.45) is 5.92 Å². The van der Waals surface area contributed by atoms with Crippen molar-refractivity contribution in [3.05, 3.63) is 58.6 Å². The first kappa shape index (κ1) is 28.7. The Balaban J connectivity index is 1.53. The molecule has 11 heteroatoms. The van der Waals surface area contributed by atoms with Crippen LogP contribution in [0.15, 0.2) is 47.4 Å². The normalized spacial score (nSPS) is 20.4. The second-order valence-electron chi connectivity index (χ2n) is 11.0. The molecule has 1 amide bonds. The van der Waals surface area contributed by atoms with Crippen LogP contribution in [0.2, 0.25) is 5.02 Å². The van der Waals surface area contributed by atoms with Crippen molar-refractivity contribution < 1.29 is 22.7 Å². The number of likely N-dealkylation sites (tertiary alicyclic amines) is 1. The fraction of sp³-hybridized carbons (Fsp3) is 0.464. The number of nitrogens with zero attached hydrogens (tertiary/aromatic N) is 3. The Morgan fingerprint density at radius 2 is 1.87 bits per heavy atom. The predicted molar refractivity (Wildman–Crippen MR) is 145 cm³/mol. The van der Waals surface area contributed by atoms with E-state index >= 15 is 0 Å². The van der Waals surface area contributed by atoms with Gasteiger partial charge in [0, 0.05) is 24.0 Å². The molecular formula is C28H31ClN4O5S. The van der Waals surface area contributed by atoms with Gasteiger partial charge in [-0.25, -0.2) is 13.2 Å². The minimum Gasteiger partial charge on any atom is -0.492 e. The van der Waals surface area contributed by atoms with Crippen LogP contribution in [0.4, 0.5) is 4.79 Å². The molecule has 4 rings (SSSR count). The molecule has 0 radical (unpaired) electrons.